The smallest absolute Gasteiger partial charge is 0.235 e. The second-order valence-electron chi connectivity index (χ2n) is 11.1. The van der Waals surface area contributed by atoms with Gasteiger partial charge >= 0.3 is 0 Å². The molecule has 0 bridgehead atoms. The van der Waals surface area contributed by atoms with Gasteiger partial charge in [-0.15, -0.1) is 11.3 Å². The summed E-state index contributed by atoms with van der Waals surface area (Å²) in [6, 6.07) is 37.5. The van der Waals surface area contributed by atoms with Crippen LogP contribution in [0.5, 0.6) is 0 Å². The molecule has 45 heavy (non-hydrogen) atoms. The van der Waals surface area contributed by atoms with E-state index in [1.54, 1.807) is 0 Å². The first-order valence-corrected chi connectivity index (χ1v) is 15.5. The lowest BCUT2D eigenvalue weighted by atomic mass is 10.1. The van der Waals surface area contributed by atoms with Gasteiger partial charge < -0.3 is 4.57 Å². The summed E-state index contributed by atoms with van der Waals surface area (Å²) in [5, 5.41) is 5.16. The molecule has 0 spiro atoms. The van der Waals surface area contributed by atoms with Gasteiger partial charge in [0.15, 0.2) is 0 Å². The van der Waals surface area contributed by atoms with Crippen LogP contribution < -0.4 is 0 Å². The van der Waals surface area contributed by atoms with Crippen LogP contribution in [-0.2, 0) is 0 Å². The lowest BCUT2D eigenvalue weighted by Gasteiger charge is -2.10. The molecule has 4 nitrogen and oxygen atoms in total. The van der Waals surface area contributed by atoms with E-state index >= 15 is 0 Å². The second kappa shape index (κ2) is 9.36. The molecule has 10 rings (SSSR count). The fraction of sp³-hybridized carbons (Fsp3) is 0. The number of benzene rings is 6. The van der Waals surface area contributed by atoms with Crippen LogP contribution in [0.2, 0.25) is 0 Å². The van der Waals surface area contributed by atoms with Crippen LogP contribution in [0, 0.1) is 0 Å². The first kappa shape index (κ1) is 20.2. The number of thiophene rings is 1. The van der Waals surface area contributed by atoms with Crippen LogP contribution in [0.1, 0.15) is 6.85 Å². The lowest BCUT2D eigenvalue weighted by Crippen LogP contribution is -2.02. The zero-order chi connectivity index (χ0) is 33.8. The molecular weight excluding hydrogens is 569 g/mol. The van der Waals surface area contributed by atoms with E-state index < -0.39 is 18.1 Å². The first-order chi connectivity index (χ1) is 24.4. The number of hydrogen-bond donors (Lipinski definition) is 0. The van der Waals surface area contributed by atoms with Crippen LogP contribution in [0.4, 0.5) is 0 Å². The zero-order valence-electron chi connectivity index (χ0n) is 28.7. The van der Waals surface area contributed by atoms with Gasteiger partial charge in [0, 0.05) is 42.9 Å². The predicted molar refractivity (Wildman–Crippen MR) is 189 cm³/mol. The number of fused-ring (bicyclic) bond motifs is 9. The van der Waals surface area contributed by atoms with Crippen molar-refractivity contribution in [3.63, 3.8) is 0 Å². The molecule has 0 aliphatic rings. The minimum Gasteiger partial charge on any atom is -0.309 e. The quantitative estimate of drug-likeness (QED) is 0.203. The summed E-state index contributed by atoms with van der Waals surface area (Å²) in [6.45, 7) is 0. The highest BCUT2D eigenvalue weighted by Crippen LogP contribution is 2.42. The molecule has 0 unspecified atom stereocenters. The Morgan fingerprint density at radius 1 is 0.533 bits per heavy atom. The highest BCUT2D eigenvalue weighted by molar-refractivity contribution is 7.26. The van der Waals surface area contributed by atoms with Gasteiger partial charge in [-0.3, -0.25) is 4.57 Å². The maximum atomic E-state index is 8.89. The maximum Gasteiger partial charge on any atom is 0.235 e. The molecule has 0 aliphatic heterocycles. The minimum atomic E-state index is -0.438. The van der Waals surface area contributed by atoms with Crippen molar-refractivity contribution in [1.29, 1.82) is 0 Å². The van der Waals surface area contributed by atoms with Crippen molar-refractivity contribution in [2.24, 2.45) is 0 Å². The summed E-state index contributed by atoms with van der Waals surface area (Å²) >= 11 is 1.46. The SMILES string of the molecule is [2H]c1c([2H])c([2H])c(-c2nc(-n3c4ccccc4c4cc5c(cc43)c3ccccc3n5-c3ccccc3)nc3c2sc2ccccc23)c([2H])c1[2H]. The van der Waals surface area contributed by atoms with E-state index in [2.05, 4.69) is 71.3 Å². The largest absolute Gasteiger partial charge is 0.309 e. The Morgan fingerprint density at radius 3 is 1.87 bits per heavy atom. The molecule has 0 saturated heterocycles. The van der Waals surface area contributed by atoms with E-state index in [0.717, 1.165) is 59.4 Å². The fourth-order valence-electron chi connectivity index (χ4n) is 6.72. The molecule has 5 heteroatoms. The number of rotatable bonds is 3. The molecule has 0 N–H and O–H groups in total. The third kappa shape index (κ3) is 3.53. The van der Waals surface area contributed by atoms with Gasteiger partial charge in [-0.05, 0) is 42.5 Å². The fourth-order valence-corrected chi connectivity index (χ4v) is 7.86. The van der Waals surface area contributed by atoms with E-state index in [1.165, 1.54) is 11.3 Å². The Labute approximate surface area is 269 Å². The molecule has 4 aromatic heterocycles. The summed E-state index contributed by atoms with van der Waals surface area (Å²) in [6.07, 6.45) is 0. The van der Waals surface area contributed by atoms with Crippen LogP contribution >= 0.6 is 11.3 Å². The Morgan fingerprint density at radius 2 is 1.13 bits per heavy atom. The molecule has 4 heterocycles. The molecule has 6 aromatic carbocycles. The van der Waals surface area contributed by atoms with Gasteiger partial charge in [0.1, 0.15) is 0 Å². The zero-order valence-corrected chi connectivity index (χ0v) is 24.5. The van der Waals surface area contributed by atoms with Gasteiger partial charge in [0.05, 0.1) is 44.8 Å². The van der Waals surface area contributed by atoms with Crippen LogP contribution in [0.3, 0.4) is 0 Å². The highest BCUT2D eigenvalue weighted by atomic mass is 32.1. The van der Waals surface area contributed by atoms with Crippen LogP contribution in [0.25, 0.3) is 86.8 Å². The molecule has 0 atom stereocenters. The Balaban J connectivity index is 1.37. The van der Waals surface area contributed by atoms with Gasteiger partial charge in [0.2, 0.25) is 5.95 Å². The number of hydrogen-bond acceptors (Lipinski definition) is 3. The molecule has 0 radical (unpaired) electrons. The number of para-hydroxylation sites is 3. The van der Waals surface area contributed by atoms with Crippen molar-refractivity contribution in [1.82, 2.24) is 19.1 Å². The van der Waals surface area contributed by atoms with E-state index in [1.807, 2.05) is 53.1 Å². The van der Waals surface area contributed by atoms with Gasteiger partial charge in [-0.25, -0.2) is 9.97 Å². The standard InChI is InChI=1S/C40H24N4S/c1-3-13-25(14-4-1)37-39-38(29-19-9-12-22-36(29)45-39)42-40(41-37)44-33-21-11-8-18-28(33)31-23-34-30(24-35(31)44)27-17-7-10-20-32(27)43(34)26-15-5-2-6-16-26/h1-24H/i1D,3D,4D,13D,14D. The average molecular weight is 598 g/mol. The van der Waals surface area contributed by atoms with Gasteiger partial charge in [-0.1, -0.05) is 103 Å². The van der Waals surface area contributed by atoms with E-state index in [9.17, 15) is 0 Å². The molecule has 0 saturated carbocycles. The third-order valence-electron chi connectivity index (χ3n) is 8.63. The molecule has 210 valence electrons. The van der Waals surface area contributed by atoms with Crippen molar-refractivity contribution >= 4 is 75.3 Å². The number of nitrogens with zero attached hydrogens (tertiary/aromatic N) is 4. The Bertz CT molecular complexity index is 3020. The highest BCUT2D eigenvalue weighted by Gasteiger charge is 2.22. The molecule has 0 amide bonds. The maximum absolute atomic E-state index is 8.89. The monoisotopic (exact) mass is 597 g/mol. The Hall–Kier alpha value is -5.78. The van der Waals surface area contributed by atoms with Crippen molar-refractivity contribution in [2.75, 3.05) is 0 Å². The van der Waals surface area contributed by atoms with Gasteiger partial charge in [-0.2, -0.15) is 0 Å². The predicted octanol–water partition coefficient (Wildman–Crippen LogP) is 10.7. The summed E-state index contributed by atoms with van der Waals surface area (Å²) in [5.74, 6) is 0.361. The van der Waals surface area contributed by atoms with Crippen molar-refractivity contribution < 1.29 is 6.85 Å². The van der Waals surface area contributed by atoms with Crippen LogP contribution in [0.15, 0.2) is 145 Å². The van der Waals surface area contributed by atoms with Crippen molar-refractivity contribution in [2.45, 2.75) is 0 Å². The Kier molecular flexibility index (Phi) is 4.21. The second-order valence-corrected chi connectivity index (χ2v) is 12.1. The molecule has 0 aliphatic carbocycles. The summed E-state index contributed by atoms with van der Waals surface area (Å²) < 4.78 is 48.9. The summed E-state index contributed by atoms with van der Waals surface area (Å²) in [7, 11) is 0. The third-order valence-corrected chi connectivity index (χ3v) is 9.79. The molecule has 0 fully saturated rings. The van der Waals surface area contributed by atoms with E-state index in [4.69, 9.17) is 16.8 Å². The normalized spacial score (nSPS) is 13.6. The molecular formula is C40H24N4S. The van der Waals surface area contributed by atoms with Crippen LogP contribution in [-0.4, -0.2) is 19.1 Å². The minimum absolute atomic E-state index is 0.0605. The van der Waals surface area contributed by atoms with Crippen molar-refractivity contribution in [3.05, 3.63) is 145 Å². The summed E-state index contributed by atoms with van der Waals surface area (Å²) in [5.41, 5.74) is 6.10. The van der Waals surface area contributed by atoms with Gasteiger partial charge in [0.25, 0.3) is 0 Å². The average Bonchev–Trinajstić information content (AvgIpc) is 3.80. The van der Waals surface area contributed by atoms with E-state index in [-0.39, 0.29) is 17.6 Å². The van der Waals surface area contributed by atoms with E-state index in [0.29, 0.717) is 21.9 Å². The number of aromatic nitrogens is 4. The topological polar surface area (TPSA) is 35.6 Å². The summed E-state index contributed by atoms with van der Waals surface area (Å²) in [4.78, 5) is 10.3. The van der Waals surface area contributed by atoms with Crippen molar-refractivity contribution in [3.8, 4) is 22.9 Å². The lowest BCUT2D eigenvalue weighted by molar-refractivity contribution is 1.02. The first-order valence-electron chi connectivity index (χ1n) is 17.2. The molecule has 10 aromatic rings.